The van der Waals surface area contributed by atoms with Crippen LogP contribution in [0.5, 0.6) is 11.5 Å². The van der Waals surface area contributed by atoms with Gasteiger partial charge in [0.2, 0.25) is 0 Å². The molecule has 2 aromatic heterocycles. The third-order valence-corrected chi connectivity index (χ3v) is 15.0. The third kappa shape index (κ3) is 3.31. The second kappa shape index (κ2) is 9.57. The van der Waals surface area contributed by atoms with E-state index in [9.17, 15) is 20.4 Å². The van der Waals surface area contributed by atoms with Crippen LogP contribution in [0.3, 0.4) is 0 Å². The number of hydrogen-bond donors (Lipinski definition) is 6. The molecule has 10 heterocycles. The first-order valence-corrected chi connectivity index (χ1v) is 18.1. The average molecular weight is 649 g/mol. The molecule has 8 nitrogen and oxygen atoms in total. The molecule has 0 amide bonds. The summed E-state index contributed by atoms with van der Waals surface area (Å²) >= 11 is 0. The molecule has 0 aliphatic carbocycles. The number of aliphatic hydroxyl groups excluding tert-OH is 2. The Kier molecular flexibility index (Phi) is 5.85. The van der Waals surface area contributed by atoms with Crippen LogP contribution in [-0.2, 0) is 12.8 Å². The minimum Gasteiger partial charge on any atom is -0.507 e. The van der Waals surface area contributed by atoms with Gasteiger partial charge in [0.15, 0.2) is 0 Å². The van der Waals surface area contributed by atoms with Crippen LogP contribution in [0.1, 0.15) is 61.3 Å². The van der Waals surface area contributed by atoms with Gasteiger partial charge < -0.3 is 39.4 Å². The SMILES string of the molecule is C/C=C1/C[N+]2(C)[C@H]3C[C@@H]1[C@@H](CO)[C@@H]2Cc1c3[nH]c2ccc(O)c(-c3c(O)ccc4[nH]c5c(c34)C[C@H]3[C@H](CO)[C@H]4C[C@@H]5[N+]3(C)C/C4=C/C)c12. The maximum absolute atomic E-state index is 11.8. The Morgan fingerprint density at radius 3 is 1.48 bits per heavy atom. The van der Waals surface area contributed by atoms with E-state index in [2.05, 4.69) is 50.1 Å². The van der Waals surface area contributed by atoms with Gasteiger partial charge in [-0.25, -0.2) is 0 Å². The van der Waals surface area contributed by atoms with Gasteiger partial charge in [-0.15, -0.1) is 0 Å². The lowest BCUT2D eigenvalue weighted by Crippen LogP contribution is -2.70. The summed E-state index contributed by atoms with van der Waals surface area (Å²) in [6.45, 7) is 6.68. The van der Waals surface area contributed by atoms with Gasteiger partial charge in [0.05, 0.1) is 50.8 Å². The lowest BCUT2D eigenvalue weighted by atomic mass is 9.62. The Bertz CT molecular complexity index is 1970. The molecule has 8 bridgehead atoms. The van der Waals surface area contributed by atoms with E-state index in [0.29, 0.717) is 47.1 Å². The molecular formula is C40H48N4O4+2. The first kappa shape index (κ1) is 29.4. The number of quaternary nitrogens is 2. The molecule has 8 heteroatoms. The van der Waals surface area contributed by atoms with E-state index in [0.717, 1.165) is 69.5 Å². The Morgan fingerprint density at radius 2 is 1.10 bits per heavy atom. The van der Waals surface area contributed by atoms with Crippen LogP contribution in [0.25, 0.3) is 32.9 Å². The van der Waals surface area contributed by atoms with E-state index in [1.165, 1.54) is 33.7 Å². The lowest BCUT2D eigenvalue weighted by Gasteiger charge is -2.62. The molecule has 6 fully saturated rings. The summed E-state index contributed by atoms with van der Waals surface area (Å²) in [7, 11) is 4.76. The topological polar surface area (TPSA) is 113 Å². The zero-order valence-corrected chi connectivity index (χ0v) is 28.4. The number of likely N-dealkylation sites (N-methyl/N-ethyl adjacent to an activating group) is 2. The highest BCUT2D eigenvalue weighted by Crippen LogP contribution is 2.61. The number of phenols is 2. The predicted octanol–water partition coefficient (Wildman–Crippen LogP) is 5.73. The summed E-state index contributed by atoms with van der Waals surface area (Å²) in [4.78, 5) is 7.71. The third-order valence-electron chi connectivity index (χ3n) is 15.0. The number of fused-ring (bicyclic) bond motifs is 8. The summed E-state index contributed by atoms with van der Waals surface area (Å²) in [5.41, 5.74) is 11.4. The Balaban J connectivity index is 1.20. The number of allylic oxidation sites excluding steroid dienone is 2. The number of aliphatic hydroxyl groups is 2. The van der Waals surface area contributed by atoms with Crippen molar-refractivity contribution in [2.24, 2.45) is 23.7 Å². The standard InChI is InChI=1S/C40H46N4O4/c1-5-19-15-43(3)29-13-23-35-27(41-39(23)31(43)11-21(19)25(29)17-45)7-9-33(47)37(35)38-34(48)10-8-28-36(38)24-14-30-26(18-46)22-12-32(40(24)42-28)44(30,4)16-20(22)6-2/h5-10,21-22,25-26,29-32,41-42,45-46H,11-18H2,1-4H3/p+2/b19-5-,20-6-/t21-,22-,25+,26+,29-,30-,31-,32-,43?,44?/m0/s1. The molecule has 0 spiro atoms. The number of aromatic amines is 2. The van der Waals surface area contributed by atoms with Crippen LogP contribution < -0.4 is 0 Å². The average Bonchev–Trinajstić information content (AvgIpc) is 3.62. The number of aromatic hydroxyl groups is 2. The molecule has 250 valence electrons. The van der Waals surface area contributed by atoms with Crippen LogP contribution in [0.2, 0.25) is 0 Å². The van der Waals surface area contributed by atoms with E-state index >= 15 is 0 Å². The molecular weight excluding hydrogens is 600 g/mol. The van der Waals surface area contributed by atoms with E-state index in [-0.39, 0.29) is 36.5 Å². The number of rotatable bonds is 3. The Labute approximate surface area is 281 Å². The summed E-state index contributed by atoms with van der Waals surface area (Å²) in [6, 6.07) is 8.75. The van der Waals surface area contributed by atoms with Crippen molar-refractivity contribution in [1.29, 1.82) is 0 Å². The quantitative estimate of drug-likeness (QED) is 0.126. The molecule has 8 aliphatic rings. The molecule has 12 rings (SSSR count). The predicted molar refractivity (Wildman–Crippen MR) is 186 cm³/mol. The fraction of sp³-hybridized carbons (Fsp3) is 0.500. The minimum atomic E-state index is 0.179. The Morgan fingerprint density at radius 1 is 0.688 bits per heavy atom. The fourth-order valence-electron chi connectivity index (χ4n) is 12.8. The van der Waals surface area contributed by atoms with Crippen molar-refractivity contribution in [2.45, 2.75) is 63.7 Å². The van der Waals surface area contributed by atoms with Gasteiger partial charge in [0.25, 0.3) is 0 Å². The van der Waals surface area contributed by atoms with Crippen LogP contribution in [-0.4, -0.2) is 91.8 Å². The number of hydrogen-bond acceptors (Lipinski definition) is 4. The fourth-order valence-corrected chi connectivity index (χ4v) is 12.8. The van der Waals surface area contributed by atoms with Crippen LogP contribution in [0.4, 0.5) is 0 Å². The number of H-pyrrole nitrogens is 2. The van der Waals surface area contributed by atoms with Crippen molar-refractivity contribution in [3.8, 4) is 22.6 Å². The molecule has 48 heavy (non-hydrogen) atoms. The molecule has 10 atom stereocenters. The first-order chi connectivity index (χ1) is 23.2. The van der Waals surface area contributed by atoms with Crippen molar-refractivity contribution in [3.63, 3.8) is 0 Å². The van der Waals surface area contributed by atoms with Crippen molar-refractivity contribution < 1.29 is 29.4 Å². The van der Waals surface area contributed by atoms with Gasteiger partial charge in [0.1, 0.15) is 36.7 Å². The minimum absolute atomic E-state index is 0.179. The lowest BCUT2D eigenvalue weighted by molar-refractivity contribution is -0.978. The number of phenolic OH excluding ortho intramolecular Hbond substituents is 2. The number of benzene rings is 2. The van der Waals surface area contributed by atoms with Gasteiger partial charge in [-0.05, 0) is 60.4 Å². The summed E-state index contributed by atoms with van der Waals surface area (Å²) in [5, 5.41) is 47.1. The van der Waals surface area contributed by atoms with Gasteiger partial charge in [-0.1, -0.05) is 12.2 Å². The molecule has 6 saturated heterocycles. The smallest absolute Gasteiger partial charge is 0.131 e. The molecule has 2 aromatic carbocycles. The number of nitrogens with zero attached hydrogens (tertiary/aromatic N) is 2. The summed E-state index contributed by atoms with van der Waals surface area (Å²) in [5.74, 6) is 1.56. The second-order valence-electron chi connectivity index (χ2n) is 16.5. The van der Waals surface area contributed by atoms with Crippen LogP contribution >= 0.6 is 0 Å². The molecule has 6 N–H and O–H groups in total. The number of aromatic nitrogens is 2. The zero-order chi connectivity index (χ0) is 33.0. The van der Waals surface area contributed by atoms with Gasteiger partial charge in [-0.2, -0.15) is 0 Å². The number of nitrogens with one attached hydrogen (secondary N) is 2. The molecule has 0 radical (unpaired) electrons. The van der Waals surface area contributed by atoms with Gasteiger partial charge >= 0.3 is 0 Å². The normalized spacial score (nSPS) is 39.1. The van der Waals surface area contributed by atoms with E-state index in [1.807, 2.05) is 12.1 Å². The van der Waals surface area contributed by atoms with Crippen molar-refractivity contribution >= 4 is 21.8 Å². The summed E-state index contributed by atoms with van der Waals surface area (Å²) < 4.78 is 1.83. The highest BCUT2D eigenvalue weighted by molar-refractivity contribution is 6.11. The van der Waals surface area contributed by atoms with Crippen LogP contribution in [0, 0.1) is 23.7 Å². The van der Waals surface area contributed by atoms with Crippen molar-refractivity contribution in [1.82, 2.24) is 9.97 Å². The monoisotopic (exact) mass is 648 g/mol. The maximum Gasteiger partial charge on any atom is 0.131 e. The largest absolute Gasteiger partial charge is 0.507 e. The molecule has 4 aromatic rings. The molecule has 2 unspecified atom stereocenters. The van der Waals surface area contributed by atoms with Crippen LogP contribution in [0.15, 0.2) is 47.6 Å². The molecule has 0 saturated carbocycles. The van der Waals surface area contributed by atoms with Crippen molar-refractivity contribution in [3.05, 3.63) is 70.1 Å². The highest BCUT2D eigenvalue weighted by Gasteiger charge is 2.63. The second-order valence-corrected chi connectivity index (χ2v) is 16.5. The van der Waals surface area contributed by atoms with E-state index in [4.69, 9.17) is 0 Å². The molecule has 8 aliphatic heterocycles. The van der Waals surface area contributed by atoms with E-state index in [1.54, 1.807) is 12.1 Å². The number of piperidine rings is 6. The Hall–Kier alpha value is -3.56. The van der Waals surface area contributed by atoms with Gasteiger partial charge in [0, 0.05) is 82.3 Å². The van der Waals surface area contributed by atoms with Crippen molar-refractivity contribution in [2.75, 3.05) is 40.4 Å². The zero-order valence-electron chi connectivity index (χ0n) is 28.4. The first-order valence-electron chi connectivity index (χ1n) is 18.1. The van der Waals surface area contributed by atoms with Gasteiger partial charge in [-0.3, -0.25) is 0 Å². The highest BCUT2D eigenvalue weighted by atomic mass is 16.3. The summed E-state index contributed by atoms with van der Waals surface area (Å²) in [6.07, 6.45) is 8.22. The van der Waals surface area contributed by atoms with E-state index < -0.39 is 0 Å². The maximum atomic E-state index is 11.8.